The summed E-state index contributed by atoms with van der Waals surface area (Å²) in [7, 11) is 0. The minimum atomic E-state index is 0.0194. The molecule has 0 aromatic heterocycles. The van der Waals surface area contributed by atoms with Gasteiger partial charge in [0.05, 0.1) is 0 Å². The number of Topliss-reactive ketones (excluding diaryl/α,β-unsaturated/α-hetero) is 1. The summed E-state index contributed by atoms with van der Waals surface area (Å²) in [5.74, 6) is 0.449. The molecule has 0 N–H and O–H groups in total. The zero-order chi connectivity index (χ0) is 13.7. The lowest BCUT2D eigenvalue weighted by atomic mass is 9.76. The molecule has 1 nitrogen and oxygen atoms in total. The highest BCUT2D eigenvalue weighted by Crippen LogP contribution is 2.43. The largest absolute Gasteiger partial charge is 0.299 e. The second kappa shape index (κ2) is 3.94. The Morgan fingerprint density at radius 1 is 1.06 bits per heavy atom. The van der Waals surface area contributed by atoms with Crippen molar-refractivity contribution in [1.29, 1.82) is 0 Å². The third-order valence-electron chi connectivity index (χ3n) is 3.87. The van der Waals surface area contributed by atoms with Gasteiger partial charge in [-0.15, -0.1) is 0 Å². The lowest BCUT2D eigenvalue weighted by Gasteiger charge is -2.27. The molecule has 1 aliphatic carbocycles. The molecule has 0 fully saturated rings. The highest BCUT2D eigenvalue weighted by Gasteiger charge is 2.39. The van der Waals surface area contributed by atoms with Crippen LogP contribution in [0.5, 0.6) is 0 Å². The van der Waals surface area contributed by atoms with Crippen LogP contribution in [0.3, 0.4) is 0 Å². The normalized spacial score (nSPS) is 20.1. The molecule has 0 amide bonds. The van der Waals surface area contributed by atoms with Gasteiger partial charge in [0, 0.05) is 12.3 Å². The number of fused-ring (bicyclic) bond motifs is 1. The summed E-state index contributed by atoms with van der Waals surface area (Å²) in [5.41, 5.74) is 3.99. The van der Waals surface area contributed by atoms with E-state index in [9.17, 15) is 4.79 Å². The molecule has 0 aliphatic heterocycles. The fourth-order valence-electron chi connectivity index (χ4n) is 2.92. The molecule has 0 bridgehead atoms. The zero-order valence-electron chi connectivity index (χ0n) is 12.4. The molecule has 0 radical (unpaired) electrons. The van der Waals surface area contributed by atoms with Gasteiger partial charge in [0.1, 0.15) is 5.78 Å². The van der Waals surface area contributed by atoms with Gasteiger partial charge in [-0.25, -0.2) is 0 Å². The number of hydrogen-bond acceptors (Lipinski definition) is 1. The summed E-state index contributed by atoms with van der Waals surface area (Å²) in [6.45, 7) is 13.1. The van der Waals surface area contributed by atoms with Crippen LogP contribution in [0.4, 0.5) is 0 Å². The fraction of sp³-hybridized carbons (Fsp3) is 0.588. The second-order valence-corrected chi connectivity index (χ2v) is 7.61. The molecule has 1 heteroatoms. The summed E-state index contributed by atoms with van der Waals surface area (Å²) >= 11 is 0. The van der Waals surface area contributed by atoms with Gasteiger partial charge in [0.25, 0.3) is 0 Å². The van der Waals surface area contributed by atoms with E-state index < -0.39 is 0 Å². The average Bonchev–Trinajstić information content (AvgIpc) is 2.49. The van der Waals surface area contributed by atoms with Crippen LogP contribution in [0.1, 0.15) is 64.2 Å². The van der Waals surface area contributed by atoms with Crippen LogP contribution in [0.2, 0.25) is 0 Å². The van der Waals surface area contributed by atoms with Crippen molar-refractivity contribution < 1.29 is 4.79 Å². The van der Waals surface area contributed by atoms with Crippen molar-refractivity contribution >= 4 is 5.78 Å². The van der Waals surface area contributed by atoms with E-state index >= 15 is 0 Å². The standard InChI is InChI=1S/C17H24O/c1-16(2,3)12-7-8-13-11(9-12)10-14(18)15(13)17(4,5)6/h7-9,15H,10H2,1-6H3. The van der Waals surface area contributed by atoms with Gasteiger partial charge in [0.2, 0.25) is 0 Å². The van der Waals surface area contributed by atoms with E-state index in [2.05, 4.69) is 59.7 Å². The maximum Gasteiger partial charge on any atom is 0.145 e. The van der Waals surface area contributed by atoms with Crippen LogP contribution >= 0.6 is 0 Å². The number of hydrogen-bond donors (Lipinski definition) is 0. The van der Waals surface area contributed by atoms with Gasteiger partial charge < -0.3 is 0 Å². The number of rotatable bonds is 0. The minimum absolute atomic E-state index is 0.0194. The molecular weight excluding hydrogens is 220 g/mol. The first kappa shape index (κ1) is 13.3. The molecule has 0 saturated carbocycles. The van der Waals surface area contributed by atoms with Gasteiger partial charge in [-0.1, -0.05) is 59.7 Å². The Balaban J connectivity index is 2.48. The van der Waals surface area contributed by atoms with Crippen molar-refractivity contribution in [2.24, 2.45) is 5.41 Å². The van der Waals surface area contributed by atoms with Crippen LogP contribution in [-0.2, 0) is 16.6 Å². The highest BCUT2D eigenvalue weighted by atomic mass is 16.1. The van der Waals surface area contributed by atoms with E-state index in [-0.39, 0.29) is 16.7 Å². The lowest BCUT2D eigenvalue weighted by Crippen LogP contribution is -2.22. The Morgan fingerprint density at radius 2 is 1.67 bits per heavy atom. The predicted octanol–water partition coefficient (Wildman–Crippen LogP) is 4.24. The third kappa shape index (κ3) is 2.23. The van der Waals surface area contributed by atoms with Crippen LogP contribution in [0.15, 0.2) is 18.2 Å². The number of carbonyl (C=O) groups is 1. The molecule has 2 rings (SSSR count). The fourth-order valence-corrected chi connectivity index (χ4v) is 2.92. The highest BCUT2D eigenvalue weighted by molar-refractivity contribution is 5.93. The molecular formula is C17H24O. The SMILES string of the molecule is CC(C)(C)c1ccc2c(c1)CC(=O)C2C(C)(C)C. The topological polar surface area (TPSA) is 17.1 Å². The first-order valence-electron chi connectivity index (χ1n) is 6.77. The summed E-state index contributed by atoms with van der Waals surface area (Å²) in [6, 6.07) is 6.60. The first-order chi connectivity index (χ1) is 8.10. The van der Waals surface area contributed by atoms with Gasteiger partial charge in [-0.05, 0) is 27.5 Å². The van der Waals surface area contributed by atoms with Gasteiger partial charge in [-0.2, -0.15) is 0 Å². The summed E-state index contributed by atoms with van der Waals surface area (Å²) in [4.78, 5) is 12.2. The molecule has 0 spiro atoms. The van der Waals surface area contributed by atoms with Crippen molar-refractivity contribution in [3.05, 3.63) is 34.9 Å². The molecule has 1 unspecified atom stereocenters. The maximum absolute atomic E-state index is 12.2. The summed E-state index contributed by atoms with van der Waals surface area (Å²) in [6.07, 6.45) is 0.612. The van der Waals surface area contributed by atoms with Crippen molar-refractivity contribution in [2.45, 2.75) is 59.3 Å². The average molecular weight is 244 g/mol. The second-order valence-electron chi connectivity index (χ2n) is 7.61. The Morgan fingerprint density at radius 3 is 2.17 bits per heavy atom. The van der Waals surface area contributed by atoms with E-state index in [0.29, 0.717) is 12.2 Å². The summed E-state index contributed by atoms with van der Waals surface area (Å²) in [5, 5.41) is 0. The molecule has 0 saturated heterocycles. The number of benzene rings is 1. The van der Waals surface area contributed by atoms with Crippen molar-refractivity contribution in [3.8, 4) is 0 Å². The van der Waals surface area contributed by atoms with Crippen LogP contribution in [-0.4, -0.2) is 5.78 Å². The molecule has 0 heterocycles. The molecule has 1 aromatic carbocycles. The van der Waals surface area contributed by atoms with Crippen LogP contribution in [0, 0.1) is 5.41 Å². The molecule has 98 valence electrons. The Kier molecular flexibility index (Phi) is 2.92. The van der Waals surface area contributed by atoms with E-state index in [1.165, 1.54) is 16.7 Å². The third-order valence-corrected chi connectivity index (χ3v) is 3.87. The molecule has 1 aliphatic rings. The minimum Gasteiger partial charge on any atom is -0.299 e. The summed E-state index contributed by atoms with van der Waals surface area (Å²) < 4.78 is 0. The molecule has 1 aromatic rings. The predicted molar refractivity (Wildman–Crippen MR) is 76.0 cm³/mol. The smallest absolute Gasteiger partial charge is 0.145 e. The lowest BCUT2D eigenvalue weighted by molar-refractivity contribution is -0.121. The Labute approximate surface area is 111 Å². The van der Waals surface area contributed by atoms with E-state index in [4.69, 9.17) is 0 Å². The number of carbonyl (C=O) groups excluding carboxylic acids is 1. The monoisotopic (exact) mass is 244 g/mol. The number of ketones is 1. The van der Waals surface area contributed by atoms with Crippen molar-refractivity contribution in [1.82, 2.24) is 0 Å². The molecule has 1 atom stereocenters. The van der Waals surface area contributed by atoms with Gasteiger partial charge in [-0.3, -0.25) is 4.79 Å². The quantitative estimate of drug-likeness (QED) is 0.667. The van der Waals surface area contributed by atoms with Crippen LogP contribution in [0.25, 0.3) is 0 Å². The van der Waals surface area contributed by atoms with E-state index in [1.54, 1.807) is 0 Å². The van der Waals surface area contributed by atoms with Crippen LogP contribution < -0.4 is 0 Å². The van der Waals surface area contributed by atoms with Gasteiger partial charge >= 0.3 is 0 Å². The van der Waals surface area contributed by atoms with Crippen molar-refractivity contribution in [2.75, 3.05) is 0 Å². The molecule has 18 heavy (non-hydrogen) atoms. The van der Waals surface area contributed by atoms with E-state index in [1.807, 2.05) is 0 Å². The zero-order valence-corrected chi connectivity index (χ0v) is 12.4. The van der Waals surface area contributed by atoms with Gasteiger partial charge in [0.15, 0.2) is 0 Å². The Hall–Kier alpha value is -1.11. The maximum atomic E-state index is 12.2. The van der Waals surface area contributed by atoms with Crippen molar-refractivity contribution in [3.63, 3.8) is 0 Å². The van der Waals surface area contributed by atoms with E-state index in [0.717, 1.165) is 0 Å². The first-order valence-corrected chi connectivity index (χ1v) is 6.77. The Bertz CT molecular complexity index is 483.